The van der Waals surface area contributed by atoms with Crippen LogP contribution in [0.3, 0.4) is 0 Å². The van der Waals surface area contributed by atoms with Gasteiger partial charge in [-0.15, -0.1) is 0 Å². The highest BCUT2D eigenvalue weighted by Crippen LogP contribution is 2.05. The molecule has 2 amide bonds. The second-order valence-electron chi connectivity index (χ2n) is 3.62. The summed E-state index contributed by atoms with van der Waals surface area (Å²) < 4.78 is 0. The van der Waals surface area contributed by atoms with Crippen LogP contribution in [-0.2, 0) is 4.79 Å². The smallest absolute Gasteiger partial charge is 0.335 e. The Balaban J connectivity index is 2.53. The number of rotatable bonds is 5. The molecule has 3 N–H and O–H groups in total. The predicted molar refractivity (Wildman–Crippen MR) is 64.4 cm³/mol. The summed E-state index contributed by atoms with van der Waals surface area (Å²) >= 11 is 0. The van der Waals surface area contributed by atoms with E-state index in [0.717, 1.165) is 0 Å². The highest BCUT2D eigenvalue weighted by atomic mass is 16.4. The first-order valence-corrected chi connectivity index (χ1v) is 5.36. The van der Waals surface area contributed by atoms with Crippen LogP contribution < -0.4 is 10.6 Å². The summed E-state index contributed by atoms with van der Waals surface area (Å²) in [7, 11) is 0. The van der Waals surface area contributed by atoms with Gasteiger partial charge >= 0.3 is 5.97 Å². The summed E-state index contributed by atoms with van der Waals surface area (Å²) in [4.78, 5) is 33.0. The Morgan fingerprint density at radius 1 is 1.11 bits per heavy atom. The molecule has 96 valence electrons. The number of carbonyl (C=O) groups is 3. The summed E-state index contributed by atoms with van der Waals surface area (Å²) in [6.45, 7) is 2.01. The van der Waals surface area contributed by atoms with Crippen LogP contribution in [-0.4, -0.2) is 36.0 Å². The van der Waals surface area contributed by atoms with Crippen LogP contribution in [0.25, 0.3) is 0 Å². The van der Waals surface area contributed by atoms with Gasteiger partial charge in [0.25, 0.3) is 5.91 Å². The van der Waals surface area contributed by atoms with Gasteiger partial charge in [-0.1, -0.05) is 6.07 Å². The molecule has 0 radical (unpaired) electrons. The zero-order chi connectivity index (χ0) is 13.5. The van der Waals surface area contributed by atoms with E-state index in [9.17, 15) is 14.4 Å². The lowest BCUT2D eigenvalue weighted by molar-refractivity contribution is -0.118. The molecular formula is C12H14N2O4. The second-order valence-corrected chi connectivity index (χ2v) is 3.62. The van der Waals surface area contributed by atoms with Gasteiger partial charge in [0.2, 0.25) is 5.91 Å². The molecular weight excluding hydrogens is 236 g/mol. The molecule has 0 aliphatic rings. The molecule has 0 fully saturated rings. The van der Waals surface area contributed by atoms with Gasteiger partial charge in [-0.05, 0) is 18.2 Å². The van der Waals surface area contributed by atoms with Crippen molar-refractivity contribution < 1.29 is 19.5 Å². The number of carboxylic acid groups (broad SMARTS) is 1. The van der Waals surface area contributed by atoms with Gasteiger partial charge < -0.3 is 15.7 Å². The van der Waals surface area contributed by atoms with Crippen molar-refractivity contribution >= 4 is 17.8 Å². The van der Waals surface area contributed by atoms with Crippen LogP contribution in [0.5, 0.6) is 0 Å². The molecule has 0 atom stereocenters. The summed E-state index contributed by atoms with van der Waals surface area (Å²) in [5, 5.41) is 13.9. The van der Waals surface area contributed by atoms with Crippen LogP contribution in [0, 0.1) is 0 Å². The highest BCUT2D eigenvalue weighted by molar-refractivity contribution is 5.97. The van der Waals surface area contributed by atoms with E-state index in [1.165, 1.54) is 31.2 Å². The van der Waals surface area contributed by atoms with Gasteiger partial charge in [0.05, 0.1) is 5.56 Å². The molecule has 1 rings (SSSR count). The zero-order valence-corrected chi connectivity index (χ0v) is 9.90. The monoisotopic (exact) mass is 250 g/mol. The molecule has 1 aromatic carbocycles. The molecule has 6 heteroatoms. The van der Waals surface area contributed by atoms with Crippen LogP contribution in [0.1, 0.15) is 27.6 Å². The number of hydrogen-bond acceptors (Lipinski definition) is 3. The molecule has 0 aliphatic heterocycles. The number of carboxylic acids is 1. The van der Waals surface area contributed by atoms with E-state index in [2.05, 4.69) is 10.6 Å². The van der Waals surface area contributed by atoms with Crippen molar-refractivity contribution in [3.8, 4) is 0 Å². The first-order chi connectivity index (χ1) is 8.50. The third-order valence-electron chi connectivity index (χ3n) is 2.16. The Morgan fingerprint density at radius 3 is 2.33 bits per heavy atom. The maximum Gasteiger partial charge on any atom is 0.335 e. The number of amides is 2. The molecule has 0 saturated carbocycles. The zero-order valence-electron chi connectivity index (χ0n) is 9.90. The van der Waals surface area contributed by atoms with Crippen molar-refractivity contribution in [1.29, 1.82) is 0 Å². The lowest BCUT2D eigenvalue weighted by Gasteiger charge is -2.06. The maximum absolute atomic E-state index is 11.6. The Labute approximate surface area is 104 Å². The quantitative estimate of drug-likeness (QED) is 0.653. The minimum absolute atomic E-state index is 0.0597. The van der Waals surface area contributed by atoms with E-state index in [0.29, 0.717) is 6.54 Å². The number of benzene rings is 1. The molecule has 6 nitrogen and oxygen atoms in total. The maximum atomic E-state index is 11.6. The van der Waals surface area contributed by atoms with Gasteiger partial charge in [0.15, 0.2) is 0 Å². The van der Waals surface area contributed by atoms with E-state index >= 15 is 0 Å². The predicted octanol–water partition coefficient (Wildman–Crippen LogP) is 0.251. The summed E-state index contributed by atoms with van der Waals surface area (Å²) in [6.07, 6.45) is 0. The summed E-state index contributed by atoms with van der Waals surface area (Å²) in [5.74, 6) is -1.62. The fourth-order valence-electron chi connectivity index (χ4n) is 1.31. The van der Waals surface area contributed by atoms with Crippen molar-refractivity contribution in [2.24, 2.45) is 0 Å². The van der Waals surface area contributed by atoms with Gasteiger partial charge in [-0.25, -0.2) is 4.79 Å². The molecule has 0 spiro atoms. The van der Waals surface area contributed by atoms with Crippen molar-refractivity contribution in [2.75, 3.05) is 13.1 Å². The number of aromatic carboxylic acids is 1. The van der Waals surface area contributed by atoms with Gasteiger partial charge in [-0.3, -0.25) is 9.59 Å². The second kappa shape index (κ2) is 6.39. The van der Waals surface area contributed by atoms with E-state index < -0.39 is 5.97 Å². The fourth-order valence-corrected chi connectivity index (χ4v) is 1.31. The first kappa shape index (κ1) is 13.7. The molecule has 0 bridgehead atoms. The standard InChI is InChI=1S/C12H14N2O4/c1-8(15)13-5-6-14-11(16)9-3-2-4-10(7-9)12(17)18/h2-4,7H,5-6H2,1H3,(H,13,15)(H,14,16)(H,17,18). The third kappa shape index (κ3) is 4.25. The van der Waals surface area contributed by atoms with Gasteiger partial charge in [0.1, 0.15) is 0 Å². The molecule has 0 aromatic heterocycles. The average Bonchev–Trinajstić information content (AvgIpc) is 2.34. The van der Waals surface area contributed by atoms with Crippen molar-refractivity contribution in [3.63, 3.8) is 0 Å². The summed E-state index contributed by atoms with van der Waals surface area (Å²) in [6, 6.07) is 5.75. The lowest BCUT2D eigenvalue weighted by Crippen LogP contribution is -2.33. The van der Waals surface area contributed by atoms with Crippen LogP contribution in [0.2, 0.25) is 0 Å². The van der Waals surface area contributed by atoms with E-state index in [1.807, 2.05) is 0 Å². The molecule has 1 aromatic rings. The molecule has 0 saturated heterocycles. The van der Waals surface area contributed by atoms with Crippen LogP contribution >= 0.6 is 0 Å². The average molecular weight is 250 g/mol. The lowest BCUT2D eigenvalue weighted by atomic mass is 10.1. The third-order valence-corrected chi connectivity index (χ3v) is 2.16. The van der Waals surface area contributed by atoms with E-state index in [-0.39, 0.29) is 29.5 Å². The largest absolute Gasteiger partial charge is 0.478 e. The van der Waals surface area contributed by atoms with Crippen LogP contribution in [0.15, 0.2) is 24.3 Å². The topological polar surface area (TPSA) is 95.5 Å². The molecule has 18 heavy (non-hydrogen) atoms. The first-order valence-electron chi connectivity index (χ1n) is 5.36. The Bertz CT molecular complexity index is 471. The molecule has 0 heterocycles. The fraction of sp³-hybridized carbons (Fsp3) is 0.250. The van der Waals surface area contributed by atoms with Crippen molar-refractivity contribution in [2.45, 2.75) is 6.92 Å². The van der Waals surface area contributed by atoms with E-state index in [4.69, 9.17) is 5.11 Å². The van der Waals surface area contributed by atoms with Crippen molar-refractivity contribution in [3.05, 3.63) is 35.4 Å². The van der Waals surface area contributed by atoms with Gasteiger partial charge in [0, 0.05) is 25.6 Å². The SMILES string of the molecule is CC(=O)NCCNC(=O)c1cccc(C(=O)O)c1. The molecule has 0 aliphatic carbocycles. The van der Waals surface area contributed by atoms with Crippen LogP contribution in [0.4, 0.5) is 0 Å². The minimum atomic E-state index is -1.08. The normalized spacial score (nSPS) is 9.61. The molecule has 0 unspecified atom stereocenters. The Hall–Kier alpha value is -2.37. The number of nitrogens with one attached hydrogen (secondary N) is 2. The minimum Gasteiger partial charge on any atom is -0.478 e. The number of carbonyl (C=O) groups excluding carboxylic acids is 2. The number of hydrogen-bond donors (Lipinski definition) is 3. The Morgan fingerprint density at radius 2 is 1.72 bits per heavy atom. The highest BCUT2D eigenvalue weighted by Gasteiger charge is 2.08. The van der Waals surface area contributed by atoms with Gasteiger partial charge in [-0.2, -0.15) is 0 Å². The van der Waals surface area contributed by atoms with E-state index in [1.54, 1.807) is 0 Å². The van der Waals surface area contributed by atoms with Crippen molar-refractivity contribution in [1.82, 2.24) is 10.6 Å². The Kier molecular flexibility index (Phi) is 4.86. The summed E-state index contributed by atoms with van der Waals surface area (Å²) in [5.41, 5.74) is 0.335.